The molecule has 6 nitrogen and oxygen atoms in total. The number of ether oxygens (including phenoxy) is 1. The second kappa shape index (κ2) is 8.42. The number of nitrogens with zero attached hydrogens (tertiary/aromatic N) is 3. The van der Waals surface area contributed by atoms with Gasteiger partial charge in [0, 0.05) is 30.2 Å². The monoisotopic (exact) mass is 487 g/mol. The lowest BCUT2D eigenvalue weighted by Gasteiger charge is -2.20. The number of fused-ring (bicyclic) bond motifs is 1. The van der Waals surface area contributed by atoms with E-state index in [4.69, 9.17) is 10.00 Å². The summed E-state index contributed by atoms with van der Waals surface area (Å²) in [7, 11) is -4.25. The molecule has 2 aromatic carbocycles. The van der Waals surface area contributed by atoms with Crippen molar-refractivity contribution in [3.05, 3.63) is 65.4 Å². The van der Waals surface area contributed by atoms with E-state index in [1.807, 2.05) is 6.92 Å². The molecule has 1 aromatic heterocycles. The normalized spacial score (nSPS) is 16.8. The molecule has 34 heavy (non-hydrogen) atoms. The number of rotatable bonds is 4. The van der Waals surface area contributed by atoms with Crippen LogP contribution in [-0.2, 0) is 14.8 Å². The summed E-state index contributed by atoms with van der Waals surface area (Å²) in [6, 6.07) is 13.2. The van der Waals surface area contributed by atoms with E-state index in [0.29, 0.717) is 38.2 Å². The zero-order valence-corrected chi connectivity index (χ0v) is 19.3. The second-order valence-corrected chi connectivity index (χ2v) is 9.70. The fourth-order valence-corrected chi connectivity index (χ4v) is 5.15. The molecule has 0 saturated carbocycles. The van der Waals surface area contributed by atoms with Crippen LogP contribution in [0.15, 0.2) is 53.5 Å². The molecule has 0 bridgehead atoms. The number of allylic oxidation sites excluding steroid dienone is 1. The average molecular weight is 488 g/mol. The number of benzene rings is 2. The topological polar surface area (TPSA) is 84.5 Å². The molecule has 0 N–H and O–H groups in total. The summed E-state index contributed by atoms with van der Waals surface area (Å²) in [5.74, 6) is 0. The Bertz CT molecular complexity index is 1510. The highest BCUT2D eigenvalue weighted by Gasteiger charge is 2.49. The van der Waals surface area contributed by atoms with Gasteiger partial charge < -0.3 is 4.74 Å². The van der Waals surface area contributed by atoms with Crippen LogP contribution >= 0.6 is 0 Å². The van der Waals surface area contributed by atoms with E-state index in [0.717, 1.165) is 11.1 Å². The van der Waals surface area contributed by atoms with Crippen molar-refractivity contribution in [1.29, 1.82) is 5.26 Å². The molecule has 0 fully saturated rings. The number of hydrogen-bond donors (Lipinski definition) is 0. The largest absolute Gasteiger partial charge is 0.517 e. The number of dihydropyridines is 1. The molecule has 0 radical (unpaired) electrons. The summed E-state index contributed by atoms with van der Waals surface area (Å²) in [6.07, 6.45) is 1.46. The third kappa shape index (κ3) is 3.91. The smallest absolute Gasteiger partial charge is 0.359 e. The van der Waals surface area contributed by atoms with E-state index < -0.39 is 21.8 Å². The molecule has 0 aliphatic carbocycles. The van der Waals surface area contributed by atoms with Crippen LogP contribution in [0.5, 0.6) is 0 Å². The minimum absolute atomic E-state index is 0.0926. The van der Waals surface area contributed by atoms with Crippen molar-refractivity contribution in [2.45, 2.75) is 32.0 Å². The zero-order chi connectivity index (χ0) is 24.8. The number of methoxy groups -OCH3 is 1. The fourth-order valence-electron chi connectivity index (χ4n) is 4.11. The SMILES string of the molecule is COC1CC=C(c2cc3cc(-c4ccc(C#N)cc4C)ccc3n2S(=O)(=O)C(F)(F)F)C(C)=N1. The highest BCUT2D eigenvalue weighted by atomic mass is 32.2. The van der Waals surface area contributed by atoms with Gasteiger partial charge in [-0.3, -0.25) is 4.99 Å². The van der Waals surface area contributed by atoms with Crippen molar-refractivity contribution >= 4 is 32.2 Å². The minimum Gasteiger partial charge on any atom is -0.359 e. The Kier molecular flexibility index (Phi) is 5.87. The van der Waals surface area contributed by atoms with Gasteiger partial charge in [0.05, 0.1) is 22.8 Å². The van der Waals surface area contributed by atoms with Gasteiger partial charge in [-0.25, -0.2) is 3.97 Å². The molecule has 1 aliphatic rings. The van der Waals surface area contributed by atoms with Crippen molar-refractivity contribution in [2.24, 2.45) is 4.99 Å². The molecule has 176 valence electrons. The van der Waals surface area contributed by atoms with Gasteiger partial charge in [0.2, 0.25) is 0 Å². The standard InChI is InChI=1S/C24H20F3N3O3S/c1-14-10-16(13-28)4-6-19(14)17-5-8-21-18(11-17)12-22(30(21)34(31,32)24(25,26)27)20-7-9-23(33-3)29-15(20)2/h4-8,10-12,23H,9H2,1-3H3. The number of alkyl halides is 3. The Hall–Kier alpha value is -3.42. The lowest BCUT2D eigenvalue weighted by atomic mass is 9.97. The van der Waals surface area contributed by atoms with Gasteiger partial charge in [-0.05, 0) is 60.9 Å². The van der Waals surface area contributed by atoms with E-state index in [9.17, 15) is 21.6 Å². The molecule has 1 atom stereocenters. The zero-order valence-electron chi connectivity index (χ0n) is 18.5. The summed E-state index contributed by atoms with van der Waals surface area (Å²) < 4.78 is 71.7. The maximum atomic E-state index is 13.6. The van der Waals surface area contributed by atoms with Crippen LogP contribution < -0.4 is 0 Å². The quantitative estimate of drug-likeness (QED) is 0.493. The number of aromatic nitrogens is 1. The summed E-state index contributed by atoms with van der Waals surface area (Å²) in [5, 5.41) is 9.42. The summed E-state index contributed by atoms with van der Waals surface area (Å²) >= 11 is 0. The molecule has 0 saturated heterocycles. The molecule has 0 amide bonds. The number of hydrogen-bond acceptors (Lipinski definition) is 5. The molecule has 0 spiro atoms. The predicted molar refractivity (Wildman–Crippen MR) is 124 cm³/mol. The van der Waals surface area contributed by atoms with Crippen LogP contribution in [0.4, 0.5) is 13.2 Å². The highest BCUT2D eigenvalue weighted by Crippen LogP contribution is 2.37. The maximum Gasteiger partial charge on any atom is 0.517 e. The van der Waals surface area contributed by atoms with Crippen LogP contribution in [0, 0.1) is 18.3 Å². The van der Waals surface area contributed by atoms with Gasteiger partial charge in [-0.15, -0.1) is 0 Å². The van der Waals surface area contributed by atoms with Crippen LogP contribution in [0.3, 0.4) is 0 Å². The van der Waals surface area contributed by atoms with Gasteiger partial charge >= 0.3 is 15.5 Å². The van der Waals surface area contributed by atoms with E-state index in [-0.39, 0.29) is 11.2 Å². The third-order valence-electron chi connectivity index (χ3n) is 5.76. The first-order chi connectivity index (χ1) is 16.0. The number of aryl methyl sites for hydroxylation is 1. The van der Waals surface area contributed by atoms with E-state index in [1.165, 1.54) is 19.2 Å². The number of aliphatic imine (C=N–C) groups is 1. The summed E-state index contributed by atoms with van der Waals surface area (Å²) in [5.41, 5.74) is -2.26. The first-order valence-corrected chi connectivity index (χ1v) is 11.7. The van der Waals surface area contributed by atoms with Gasteiger partial charge in [-0.2, -0.15) is 26.9 Å². The molecule has 2 heterocycles. The Morgan fingerprint density at radius 2 is 1.88 bits per heavy atom. The van der Waals surface area contributed by atoms with Gasteiger partial charge in [0.25, 0.3) is 0 Å². The summed E-state index contributed by atoms with van der Waals surface area (Å²) in [6.45, 7) is 3.43. The maximum absolute atomic E-state index is 13.6. The highest BCUT2D eigenvalue weighted by molar-refractivity contribution is 7.91. The van der Waals surface area contributed by atoms with Crippen LogP contribution in [0.1, 0.15) is 30.2 Å². The Morgan fingerprint density at radius 1 is 1.15 bits per heavy atom. The van der Waals surface area contributed by atoms with Crippen molar-refractivity contribution < 1.29 is 26.3 Å². The van der Waals surface area contributed by atoms with Crippen LogP contribution in [0.2, 0.25) is 0 Å². The Labute approximate surface area is 194 Å². The fraction of sp³-hybridized carbons (Fsp3) is 0.250. The Morgan fingerprint density at radius 3 is 2.47 bits per heavy atom. The molecular formula is C24H20F3N3O3S. The molecule has 1 aliphatic heterocycles. The van der Waals surface area contributed by atoms with Gasteiger partial charge in [-0.1, -0.05) is 18.2 Å². The van der Waals surface area contributed by atoms with E-state index >= 15 is 0 Å². The Balaban J connectivity index is 1.97. The van der Waals surface area contributed by atoms with Crippen molar-refractivity contribution in [2.75, 3.05) is 7.11 Å². The number of halogens is 3. The number of nitriles is 1. The molecular weight excluding hydrogens is 467 g/mol. The van der Waals surface area contributed by atoms with Crippen molar-refractivity contribution in [1.82, 2.24) is 3.97 Å². The van der Waals surface area contributed by atoms with E-state index in [1.54, 1.807) is 43.3 Å². The summed E-state index contributed by atoms with van der Waals surface area (Å²) in [4.78, 5) is 4.32. The van der Waals surface area contributed by atoms with Crippen LogP contribution in [-0.4, -0.2) is 36.9 Å². The molecule has 3 aromatic rings. The molecule has 4 rings (SSSR count). The minimum atomic E-state index is -5.72. The second-order valence-electron chi connectivity index (χ2n) is 7.92. The third-order valence-corrected chi connectivity index (χ3v) is 7.21. The first-order valence-electron chi connectivity index (χ1n) is 10.2. The average Bonchev–Trinajstić information content (AvgIpc) is 3.17. The molecule has 10 heteroatoms. The first kappa shape index (κ1) is 23.7. The van der Waals surface area contributed by atoms with Gasteiger partial charge in [0.15, 0.2) is 6.23 Å². The predicted octanol–water partition coefficient (Wildman–Crippen LogP) is 5.41. The lowest BCUT2D eigenvalue weighted by molar-refractivity contribution is -0.0445. The van der Waals surface area contributed by atoms with Crippen LogP contribution in [0.25, 0.3) is 27.6 Å². The lowest BCUT2D eigenvalue weighted by Crippen LogP contribution is -2.31. The van der Waals surface area contributed by atoms with Crippen molar-refractivity contribution in [3.8, 4) is 17.2 Å². The molecule has 1 unspecified atom stereocenters. The van der Waals surface area contributed by atoms with Gasteiger partial charge in [0.1, 0.15) is 0 Å². The van der Waals surface area contributed by atoms with Crippen molar-refractivity contribution in [3.63, 3.8) is 0 Å². The van der Waals surface area contributed by atoms with E-state index in [2.05, 4.69) is 11.1 Å².